The summed E-state index contributed by atoms with van der Waals surface area (Å²) in [4.78, 5) is 12.9. The molecular formula is C14H16FNO2. The van der Waals surface area contributed by atoms with Crippen LogP contribution in [0.5, 0.6) is 0 Å². The Morgan fingerprint density at radius 3 is 2.83 bits per heavy atom. The fourth-order valence-electron chi connectivity index (χ4n) is 2.22. The Bertz CT molecular complexity index is 442. The Morgan fingerprint density at radius 1 is 1.44 bits per heavy atom. The summed E-state index contributed by atoms with van der Waals surface area (Å²) in [6.07, 6.45) is 5.46. The fraction of sp³-hybridized carbons (Fsp3) is 0.357. The van der Waals surface area contributed by atoms with E-state index in [1.165, 1.54) is 12.1 Å². The van der Waals surface area contributed by atoms with Gasteiger partial charge in [0, 0.05) is 6.54 Å². The van der Waals surface area contributed by atoms with E-state index in [0.29, 0.717) is 6.54 Å². The molecule has 0 spiro atoms. The number of halogens is 1. The number of likely N-dealkylation sites (tertiary alicyclic amines) is 1. The lowest BCUT2D eigenvalue weighted by molar-refractivity contribution is -0.141. The number of hydrogen-bond donors (Lipinski definition) is 1. The second-order valence-corrected chi connectivity index (χ2v) is 4.45. The fourth-order valence-corrected chi connectivity index (χ4v) is 2.22. The molecule has 0 saturated carbocycles. The molecule has 0 aliphatic carbocycles. The Kier molecular flexibility index (Phi) is 4.10. The van der Waals surface area contributed by atoms with Crippen molar-refractivity contribution in [2.24, 2.45) is 0 Å². The van der Waals surface area contributed by atoms with Crippen LogP contribution in [0.2, 0.25) is 0 Å². The molecule has 1 N–H and O–H groups in total. The average molecular weight is 249 g/mol. The Balaban J connectivity index is 1.91. The smallest absolute Gasteiger partial charge is 0.320 e. The van der Waals surface area contributed by atoms with E-state index in [2.05, 4.69) is 0 Å². The Hall–Kier alpha value is -1.68. The van der Waals surface area contributed by atoms with Crippen LogP contribution in [0.25, 0.3) is 6.08 Å². The molecular weight excluding hydrogens is 233 g/mol. The summed E-state index contributed by atoms with van der Waals surface area (Å²) in [7, 11) is 0. The molecule has 4 heteroatoms. The van der Waals surface area contributed by atoms with Gasteiger partial charge < -0.3 is 5.11 Å². The van der Waals surface area contributed by atoms with E-state index in [9.17, 15) is 9.18 Å². The topological polar surface area (TPSA) is 40.5 Å². The highest BCUT2D eigenvalue weighted by Crippen LogP contribution is 2.17. The van der Waals surface area contributed by atoms with Gasteiger partial charge in [-0.2, -0.15) is 0 Å². The second-order valence-electron chi connectivity index (χ2n) is 4.45. The van der Waals surface area contributed by atoms with E-state index in [-0.39, 0.29) is 11.9 Å². The van der Waals surface area contributed by atoms with Crippen LogP contribution in [0.1, 0.15) is 18.4 Å². The molecule has 18 heavy (non-hydrogen) atoms. The van der Waals surface area contributed by atoms with Crippen molar-refractivity contribution in [3.63, 3.8) is 0 Å². The van der Waals surface area contributed by atoms with E-state index in [4.69, 9.17) is 5.11 Å². The van der Waals surface area contributed by atoms with Crippen molar-refractivity contribution in [1.29, 1.82) is 0 Å². The molecule has 1 aromatic carbocycles. The Morgan fingerprint density at radius 2 is 2.17 bits per heavy atom. The van der Waals surface area contributed by atoms with Crippen molar-refractivity contribution in [3.8, 4) is 0 Å². The molecule has 1 atom stereocenters. The summed E-state index contributed by atoms with van der Waals surface area (Å²) >= 11 is 0. The summed E-state index contributed by atoms with van der Waals surface area (Å²) in [5.41, 5.74) is 0.919. The van der Waals surface area contributed by atoms with E-state index in [0.717, 1.165) is 24.9 Å². The van der Waals surface area contributed by atoms with Crippen LogP contribution >= 0.6 is 0 Å². The quantitative estimate of drug-likeness (QED) is 0.890. The molecule has 0 amide bonds. The van der Waals surface area contributed by atoms with Gasteiger partial charge in [-0.3, -0.25) is 9.69 Å². The molecule has 1 saturated heterocycles. The summed E-state index contributed by atoms with van der Waals surface area (Å²) in [5.74, 6) is -1.000. The second kappa shape index (κ2) is 5.78. The minimum absolute atomic E-state index is 0.252. The van der Waals surface area contributed by atoms with E-state index in [1.807, 2.05) is 17.1 Å². The number of carbonyl (C=O) groups is 1. The molecule has 1 fully saturated rings. The maximum atomic E-state index is 12.7. The van der Waals surface area contributed by atoms with E-state index >= 15 is 0 Å². The molecule has 0 unspecified atom stereocenters. The van der Waals surface area contributed by atoms with Gasteiger partial charge in [0.15, 0.2) is 0 Å². The normalized spacial score (nSPS) is 20.6. The van der Waals surface area contributed by atoms with Crippen molar-refractivity contribution in [2.75, 3.05) is 13.1 Å². The van der Waals surface area contributed by atoms with Crippen LogP contribution in [0.15, 0.2) is 30.3 Å². The maximum absolute atomic E-state index is 12.7. The first kappa shape index (κ1) is 12.8. The molecule has 3 nitrogen and oxygen atoms in total. The third-order valence-electron chi connectivity index (χ3n) is 3.17. The predicted molar refractivity (Wildman–Crippen MR) is 67.7 cm³/mol. The van der Waals surface area contributed by atoms with Gasteiger partial charge >= 0.3 is 5.97 Å². The van der Waals surface area contributed by atoms with Crippen LogP contribution in [0.4, 0.5) is 4.39 Å². The molecule has 96 valence electrons. The summed E-state index contributed by atoms with van der Waals surface area (Å²) in [6.45, 7) is 1.44. The first-order valence-electron chi connectivity index (χ1n) is 6.06. The molecule has 0 bridgehead atoms. The monoisotopic (exact) mass is 249 g/mol. The number of hydrogen-bond acceptors (Lipinski definition) is 2. The number of carboxylic acids is 1. The highest BCUT2D eigenvalue weighted by atomic mass is 19.1. The lowest BCUT2D eigenvalue weighted by Crippen LogP contribution is -2.35. The molecule has 0 radical (unpaired) electrons. The minimum atomic E-state index is -0.748. The number of aliphatic carboxylic acids is 1. The highest BCUT2D eigenvalue weighted by molar-refractivity contribution is 5.73. The van der Waals surface area contributed by atoms with Crippen molar-refractivity contribution < 1.29 is 14.3 Å². The summed E-state index contributed by atoms with van der Waals surface area (Å²) in [5, 5.41) is 9.02. The number of benzene rings is 1. The van der Waals surface area contributed by atoms with Crippen LogP contribution in [0.3, 0.4) is 0 Å². The largest absolute Gasteiger partial charge is 0.480 e. The third-order valence-corrected chi connectivity index (χ3v) is 3.17. The number of nitrogens with zero attached hydrogens (tertiary/aromatic N) is 1. The molecule has 2 rings (SSSR count). The SMILES string of the molecule is O=C(O)[C@@H]1CCCN1C/C=C/c1ccc(F)cc1. The molecule has 1 aliphatic rings. The number of rotatable bonds is 4. The lowest BCUT2D eigenvalue weighted by Gasteiger charge is -2.18. The van der Waals surface area contributed by atoms with Gasteiger partial charge in [0.05, 0.1) is 0 Å². The van der Waals surface area contributed by atoms with Crippen LogP contribution in [-0.4, -0.2) is 35.1 Å². The zero-order chi connectivity index (χ0) is 13.0. The molecule has 1 aliphatic heterocycles. The average Bonchev–Trinajstić information content (AvgIpc) is 2.80. The molecule has 1 aromatic rings. The zero-order valence-corrected chi connectivity index (χ0v) is 10.1. The Labute approximate surface area is 106 Å². The zero-order valence-electron chi connectivity index (χ0n) is 10.1. The molecule has 0 aromatic heterocycles. The van der Waals surface area contributed by atoms with Gasteiger partial charge in [-0.05, 0) is 37.1 Å². The first-order chi connectivity index (χ1) is 8.66. The van der Waals surface area contributed by atoms with Gasteiger partial charge in [-0.1, -0.05) is 24.3 Å². The van der Waals surface area contributed by atoms with Crippen molar-refractivity contribution in [3.05, 3.63) is 41.7 Å². The maximum Gasteiger partial charge on any atom is 0.320 e. The van der Waals surface area contributed by atoms with Gasteiger partial charge in [0.25, 0.3) is 0 Å². The first-order valence-corrected chi connectivity index (χ1v) is 6.06. The highest BCUT2D eigenvalue weighted by Gasteiger charge is 2.29. The lowest BCUT2D eigenvalue weighted by atomic mass is 10.2. The van der Waals surface area contributed by atoms with Crippen LogP contribution in [0, 0.1) is 5.82 Å². The van der Waals surface area contributed by atoms with Crippen LogP contribution in [-0.2, 0) is 4.79 Å². The van der Waals surface area contributed by atoms with Crippen molar-refractivity contribution in [1.82, 2.24) is 4.90 Å². The van der Waals surface area contributed by atoms with E-state index in [1.54, 1.807) is 12.1 Å². The van der Waals surface area contributed by atoms with Gasteiger partial charge in [-0.15, -0.1) is 0 Å². The molecule has 1 heterocycles. The van der Waals surface area contributed by atoms with Crippen LogP contribution < -0.4 is 0 Å². The van der Waals surface area contributed by atoms with Gasteiger partial charge in [0.1, 0.15) is 11.9 Å². The predicted octanol–water partition coefficient (Wildman–Crippen LogP) is 2.39. The minimum Gasteiger partial charge on any atom is -0.480 e. The third kappa shape index (κ3) is 3.17. The summed E-state index contributed by atoms with van der Waals surface area (Å²) in [6, 6.07) is 5.86. The number of carboxylic acid groups (broad SMARTS) is 1. The van der Waals surface area contributed by atoms with E-state index < -0.39 is 5.97 Å². The van der Waals surface area contributed by atoms with Crippen molar-refractivity contribution in [2.45, 2.75) is 18.9 Å². The standard InChI is InChI=1S/C14H16FNO2/c15-12-7-5-11(6-8-12)3-1-9-16-10-2-4-13(16)14(17)18/h1,3,5-8,13H,2,4,9-10H2,(H,17,18)/b3-1+/t13-/m0/s1. The summed E-state index contributed by atoms with van der Waals surface area (Å²) < 4.78 is 12.7. The van der Waals surface area contributed by atoms with Crippen molar-refractivity contribution >= 4 is 12.0 Å². The van der Waals surface area contributed by atoms with Gasteiger partial charge in [-0.25, -0.2) is 4.39 Å². The van der Waals surface area contributed by atoms with Gasteiger partial charge in [0.2, 0.25) is 0 Å².